The molecule has 3 amide bonds. The van der Waals surface area contributed by atoms with E-state index in [1.807, 2.05) is 18.2 Å². The van der Waals surface area contributed by atoms with E-state index >= 15 is 0 Å². The third-order valence-corrected chi connectivity index (χ3v) is 3.63. The van der Waals surface area contributed by atoms with Crippen LogP contribution in [0.2, 0.25) is 0 Å². The van der Waals surface area contributed by atoms with Gasteiger partial charge in [-0.3, -0.25) is 4.79 Å². The Kier molecular flexibility index (Phi) is 6.21. The van der Waals surface area contributed by atoms with Crippen molar-refractivity contribution in [1.82, 2.24) is 10.6 Å². The maximum Gasteiger partial charge on any atom is 0.314 e. The number of nitrogens with one attached hydrogen (secondary N) is 2. The zero-order valence-electron chi connectivity index (χ0n) is 13.0. The number of carbonyl (C=O) groups excluding carboxylic acids is 2. The molecule has 0 heterocycles. The third kappa shape index (κ3) is 5.45. The molecule has 5 nitrogen and oxygen atoms in total. The molecule has 0 aliphatic carbocycles. The van der Waals surface area contributed by atoms with Crippen LogP contribution in [0.5, 0.6) is 0 Å². The van der Waals surface area contributed by atoms with Crippen LogP contribution in [0.4, 0.5) is 4.79 Å². The smallest absolute Gasteiger partial charge is 0.314 e. The average molecular weight is 291 g/mol. The summed E-state index contributed by atoms with van der Waals surface area (Å²) in [5.41, 5.74) is 5.72. The molecule has 116 valence electrons. The first-order valence-electron chi connectivity index (χ1n) is 7.23. The SMILES string of the molecule is CC[C@@H](CNC(=O)NCC(C)(C)C(N)=O)c1ccccc1. The Hall–Kier alpha value is -2.04. The van der Waals surface area contributed by atoms with Gasteiger partial charge in [-0.25, -0.2) is 4.79 Å². The minimum Gasteiger partial charge on any atom is -0.369 e. The minimum atomic E-state index is -0.749. The molecule has 1 aromatic carbocycles. The summed E-state index contributed by atoms with van der Waals surface area (Å²) in [5.74, 6) is -0.153. The van der Waals surface area contributed by atoms with Crippen molar-refractivity contribution < 1.29 is 9.59 Å². The third-order valence-electron chi connectivity index (χ3n) is 3.63. The van der Waals surface area contributed by atoms with E-state index in [0.29, 0.717) is 6.54 Å². The summed E-state index contributed by atoms with van der Waals surface area (Å²) in [6.07, 6.45) is 0.942. The Morgan fingerprint density at radius 1 is 1.19 bits per heavy atom. The van der Waals surface area contributed by atoms with Crippen molar-refractivity contribution in [3.63, 3.8) is 0 Å². The Balaban J connectivity index is 2.43. The quantitative estimate of drug-likeness (QED) is 0.718. The first-order chi connectivity index (χ1) is 9.86. The van der Waals surface area contributed by atoms with Crippen molar-refractivity contribution in [3.05, 3.63) is 35.9 Å². The fourth-order valence-electron chi connectivity index (χ4n) is 1.89. The number of amides is 3. The van der Waals surface area contributed by atoms with Gasteiger partial charge in [-0.15, -0.1) is 0 Å². The molecule has 0 aliphatic heterocycles. The van der Waals surface area contributed by atoms with Gasteiger partial charge in [0.2, 0.25) is 5.91 Å². The molecule has 0 fully saturated rings. The van der Waals surface area contributed by atoms with Crippen molar-refractivity contribution >= 4 is 11.9 Å². The highest BCUT2D eigenvalue weighted by molar-refractivity contribution is 5.81. The van der Waals surface area contributed by atoms with Gasteiger partial charge in [0.15, 0.2) is 0 Å². The van der Waals surface area contributed by atoms with Crippen molar-refractivity contribution in [2.45, 2.75) is 33.1 Å². The van der Waals surface area contributed by atoms with Gasteiger partial charge >= 0.3 is 6.03 Å². The lowest BCUT2D eigenvalue weighted by Crippen LogP contribution is -2.46. The molecule has 0 radical (unpaired) electrons. The topological polar surface area (TPSA) is 84.2 Å². The molecule has 4 N–H and O–H groups in total. The van der Waals surface area contributed by atoms with E-state index in [4.69, 9.17) is 5.73 Å². The van der Waals surface area contributed by atoms with Crippen molar-refractivity contribution in [2.24, 2.45) is 11.1 Å². The number of primary amides is 1. The maximum atomic E-state index is 11.8. The van der Waals surface area contributed by atoms with E-state index in [1.165, 1.54) is 5.56 Å². The zero-order chi connectivity index (χ0) is 15.9. The summed E-state index contributed by atoms with van der Waals surface area (Å²) in [6, 6.07) is 9.80. The van der Waals surface area contributed by atoms with Gasteiger partial charge in [-0.1, -0.05) is 37.3 Å². The molecule has 1 atom stereocenters. The highest BCUT2D eigenvalue weighted by atomic mass is 16.2. The second kappa shape index (κ2) is 7.67. The number of nitrogens with two attached hydrogens (primary N) is 1. The van der Waals surface area contributed by atoms with Crippen LogP contribution in [0.1, 0.15) is 38.7 Å². The van der Waals surface area contributed by atoms with Crippen LogP contribution in [0.3, 0.4) is 0 Å². The Morgan fingerprint density at radius 2 is 1.81 bits per heavy atom. The number of benzene rings is 1. The Morgan fingerprint density at radius 3 is 2.33 bits per heavy atom. The van der Waals surface area contributed by atoms with Crippen LogP contribution in [-0.2, 0) is 4.79 Å². The normalized spacial score (nSPS) is 12.5. The van der Waals surface area contributed by atoms with Gasteiger partial charge in [-0.2, -0.15) is 0 Å². The summed E-state index contributed by atoms with van der Waals surface area (Å²) in [4.78, 5) is 23.0. The van der Waals surface area contributed by atoms with E-state index in [9.17, 15) is 9.59 Å². The van der Waals surface area contributed by atoms with E-state index in [1.54, 1.807) is 13.8 Å². The van der Waals surface area contributed by atoms with Crippen LogP contribution in [0, 0.1) is 5.41 Å². The van der Waals surface area contributed by atoms with E-state index < -0.39 is 11.3 Å². The lowest BCUT2D eigenvalue weighted by Gasteiger charge is -2.22. The molecule has 0 unspecified atom stereocenters. The molecule has 0 aromatic heterocycles. The van der Waals surface area contributed by atoms with Gasteiger partial charge in [0, 0.05) is 19.0 Å². The Bertz CT molecular complexity index is 472. The lowest BCUT2D eigenvalue weighted by molar-refractivity contribution is -0.125. The van der Waals surface area contributed by atoms with E-state index in [2.05, 4.69) is 29.7 Å². The standard InChI is InChI=1S/C16H25N3O2/c1-4-12(13-8-6-5-7-9-13)10-18-15(21)19-11-16(2,3)14(17)20/h5-9,12H,4,10-11H2,1-3H3,(H2,17,20)(H2,18,19,21)/t12-/m0/s1. The highest BCUT2D eigenvalue weighted by Crippen LogP contribution is 2.17. The molecule has 1 aromatic rings. The molecule has 21 heavy (non-hydrogen) atoms. The van der Waals surface area contributed by atoms with Crippen LogP contribution in [-0.4, -0.2) is 25.0 Å². The van der Waals surface area contributed by atoms with E-state index in [-0.39, 0.29) is 18.5 Å². The number of rotatable bonds is 7. The monoisotopic (exact) mass is 291 g/mol. The molecule has 1 rings (SSSR count). The molecule has 5 heteroatoms. The van der Waals surface area contributed by atoms with Crippen LogP contribution in [0.25, 0.3) is 0 Å². The summed E-state index contributed by atoms with van der Waals surface area (Å²) in [6.45, 7) is 6.27. The molecular weight excluding hydrogens is 266 g/mol. The van der Waals surface area contributed by atoms with Gasteiger partial charge in [0.1, 0.15) is 0 Å². The van der Waals surface area contributed by atoms with Crippen LogP contribution >= 0.6 is 0 Å². The van der Waals surface area contributed by atoms with Crippen LogP contribution < -0.4 is 16.4 Å². The zero-order valence-corrected chi connectivity index (χ0v) is 13.0. The largest absolute Gasteiger partial charge is 0.369 e. The molecule has 0 saturated carbocycles. The first-order valence-corrected chi connectivity index (χ1v) is 7.23. The summed E-state index contributed by atoms with van der Waals surface area (Å²) in [5, 5.41) is 5.53. The summed E-state index contributed by atoms with van der Waals surface area (Å²) >= 11 is 0. The Labute approximate surface area is 126 Å². The van der Waals surface area contributed by atoms with E-state index in [0.717, 1.165) is 6.42 Å². The fourth-order valence-corrected chi connectivity index (χ4v) is 1.89. The van der Waals surface area contributed by atoms with Crippen molar-refractivity contribution in [3.8, 4) is 0 Å². The summed E-state index contributed by atoms with van der Waals surface area (Å²) < 4.78 is 0. The molecule has 0 saturated heterocycles. The molecule has 0 aliphatic rings. The van der Waals surface area contributed by atoms with Crippen LogP contribution in [0.15, 0.2) is 30.3 Å². The molecular formula is C16H25N3O2. The van der Waals surface area contributed by atoms with Gasteiger partial charge < -0.3 is 16.4 Å². The number of carbonyl (C=O) groups is 2. The van der Waals surface area contributed by atoms with Gasteiger partial charge in [0.05, 0.1) is 5.41 Å². The lowest BCUT2D eigenvalue weighted by atomic mass is 9.93. The molecule has 0 bridgehead atoms. The van der Waals surface area contributed by atoms with Gasteiger partial charge in [-0.05, 0) is 25.8 Å². The molecule has 0 spiro atoms. The van der Waals surface area contributed by atoms with Crippen molar-refractivity contribution in [1.29, 1.82) is 0 Å². The first kappa shape index (κ1) is 17.0. The number of hydrogen-bond acceptors (Lipinski definition) is 2. The second-order valence-corrected chi connectivity index (χ2v) is 5.83. The maximum absolute atomic E-state index is 11.8. The number of hydrogen-bond donors (Lipinski definition) is 3. The number of urea groups is 1. The predicted molar refractivity (Wildman–Crippen MR) is 83.9 cm³/mol. The predicted octanol–water partition coefficient (Wildman–Crippen LogP) is 1.99. The minimum absolute atomic E-state index is 0.219. The van der Waals surface area contributed by atoms with Crippen molar-refractivity contribution in [2.75, 3.05) is 13.1 Å². The highest BCUT2D eigenvalue weighted by Gasteiger charge is 2.25. The second-order valence-electron chi connectivity index (χ2n) is 5.83. The average Bonchev–Trinajstić information content (AvgIpc) is 2.47. The summed E-state index contributed by atoms with van der Waals surface area (Å²) in [7, 11) is 0. The fraction of sp³-hybridized carbons (Fsp3) is 0.500. The van der Waals surface area contributed by atoms with Gasteiger partial charge in [0.25, 0.3) is 0 Å².